The fraction of sp³-hybridized carbons (Fsp3) is 0.200. The van der Waals surface area contributed by atoms with Crippen LogP contribution in [-0.2, 0) is 4.79 Å². The van der Waals surface area contributed by atoms with Gasteiger partial charge in [0.15, 0.2) is 0 Å². The Morgan fingerprint density at radius 2 is 1.95 bits per heavy atom. The molecular formula is C15H13ClFNO. The standard InChI is InChI=1S/C15H13ClFNO/c1-9-7-11(3-5-13(9)17)15(10(2)19)12-4-6-14(16)18-8-12/h3-8,15H,1-2H3. The number of halogens is 2. The molecule has 0 amide bonds. The minimum absolute atomic E-state index is 0.0184. The van der Waals surface area contributed by atoms with E-state index in [2.05, 4.69) is 4.98 Å². The zero-order valence-corrected chi connectivity index (χ0v) is 11.4. The monoisotopic (exact) mass is 277 g/mol. The molecule has 98 valence electrons. The average molecular weight is 278 g/mol. The number of nitrogens with zero attached hydrogens (tertiary/aromatic N) is 1. The largest absolute Gasteiger partial charge is 0.299 e. The van der Waals surface area contributed by atoms with Crippen molar-refractivity contribution >= 4 is 17.4 Å². The van der Waals surface area contributed by atoms with E-state index < -0.39 is 5.92 Å². The van der Waals surface area contributed by atoms with Crippen molar-refractivity contribution in [1.82, 2.24) is 4.98 Å². The summed E-state index contributed by atoms with van der Waals surface area (Å²) in [5.41, 5.74) is 2.03. The van der Waals surface area contributed by atoms with Crippen LogP contribution in [0.5, 0.6) is 0 Å². The summed E-state index contributed by atoms with van der Waals surface area (Å²) in [5.74, 6) is -0.737. The molecule has 0 saturated heterocycles. The van der Waals surface area contributed by atoms with Gasteiger partial charge in [-0.2, -0.15) is 0 Å². The number of ketones is 1. The van der Waals surface area contributed by atoms with E-state index in [1.807, 2.05) is 0 Å². The molecule has 1 atom stereocenters. The summed E-state index contributed by atoms with van der Waals surface area (Å²) in [6.07, 6.45) is 1.58. The summed E-state index contributed by atoms with van der Waals surface area (Å²) in [7, 11) is 0. The molecule has 0 N–H and O–H groups in total. The van der Waals surface area contributed by atoms with Crippen LogP contribution >= 0.6 is 11.6 Å². The third-order valence-electron chi connectivity index (χ3n) is 3.01. The van der Waals surface area contributed by atoms with E-state index in [4.69, 9.17) is 11.6 Å². The number of carbonyl (C=O) groups excluding carboxylic acids is 1. The molecule has 0 saturated carbocycles. The number of aromatic nitrogens is 1. The van der Waals surface area contributed by atoms with Crippen LogP contribution in [-0.4, -0.2) is 10.8 Å². The highest BCUT2D eigenvalue weighted by atomic mass is 35.5. The molecule has 1 aromatic heterocycles. The van der Waals surface area contributed by atoms with Crippen LogP contribution < -0.4 is 0 Å². The molecule has 19 heavy (non-hydrogen) atoms. The lowest BCUT2D eigenvalue weighted by Gasteiger charge is -2.15. The minimum atomic E-state index is -0.441. The van der Waals surface area contributed by atoms with E-state index in [0.717, 1.165) is 11.1 Å². The fourth-order valence-electron chi connectivity index (χ4n) is 2.07. The average Bonchev–Trinajstić information content (AvgIpc) is 2.36. The lowest BCUT2D eigenvalue weighted by atomic mass is 9.88. The van der Waals surface area contributed by atoms with E-state index in [-0.39, 0.29) is 11.6 Å². The SMILES string of the molecule is CC(=O)C(c1ccc(Cl)nc1)c1ccc(F)c(C)c1. The fourth-order valence-corrected chi connectivity index (χ4v) is 2.18. The highest BCUT2D eigenvalue weighted by Gasteiger charge is 2.20. The number of hydrogen-bond acceptors (Lipinski definition) is 2. The second-order valence-corrected chi connectivity index (χ2v) is 4.85. The zero-order valence-electron chi connectivity index (χ0n) is 10.7. The van der Waals surface area contributed by atoms with Gasteiger partial charge < -0.3 is 0 Å². The molecule has 0 aliphatic carbocycles. The molecule has 4 heteroatoms. The van der Waals surface area contributed by atoms with E-state index in [0.29, 0.717) is 10.7 Å². The molecule has 0 aliphatic heterocycles. The van der Waals surface area contributed by atoms with Crippen molar-refractivity contribution in [3.63, 3.8) is 0 Å². The Morgan fingerprint density at radius 1 is 1.26 bits per heavy atom. The summed E-state index contributed by atoms with van der Waals surface area (Å²) < 4.78 is 13.3. The molecule has 0 fully saturated rings. The highest BCUT2D eigenvalue weighted by molar-refractivity contribution is 6.29. The Bertz CT molecular complexity index is 610. The van der Waals surface area contributed by atoms with Crippen LogP contribution in [0.1, 0.15) is 29.5 Å². The Morgan fingerprint density at radius 3 is 2.47 bits per heavy atom. The number of benzene rings is 1. The smallest absolute Gasteiger partial charge is 0.141 e. The molecule has 0 aliphatic rings. The first-order chi connectivity index (χ1) is 8.99. The molecule has 2 rings (SSSR count). The van der Waals surface area contributed by atoms with E-state index in [1.165, 1.54) is 13.0 Å². The van der Waals surface area contributed by atoms with Crippen LogP contribution in [0.3, 0.4) is 0 Å². The van der Waals surface area contributed by atoms with Gasteiger partial charge in [-0.05, 0) is 42.7 Å². The van der Waals surface area contributed by atoms with Gasteiger partial charge in [0.25, 0.3) is 0 Å². The Balaban J connectivity index is 2.48. The predicted molar refractivity (Wildman–Crippen MR) is 72.9 cm³/mol. The Labute approximate surface area is 116 Å². The van der Waals surface area contributed by atoms with Gasteiger partial charge in [0.1, 0.15) is 16.8 Å². The third-order valence-corrected chi connectivity index (χ3v) is 3.23. The molecule has 0 radical (unpaired) electrons. The van der Waals surface area contributed by atoms with Gasteiger partial charge in [-0.15, -0.1) is 0 Å². The third kappa shape index (κ3) is 2.99. The van der Waals surface area contributed by atoms with Crippen molar-refractivity contribution in [2.45, 2.75) is 19.8 Å². The van der Waals surface area contributed by atoms with Gasteiger partial charge in [0.05, 0.1) is 5.92 Å². The molecule has 1 aromatic carbocycles. The van der Waals surface area contributed by atoms with Gasteiger partial charge in [-0.1, -0.05) is 29.8 Å². The van der Waals surface area contributed by atoms with Gasteiger partial charge in [0, 0.05) is 6.20 Å². The maximum atomic E-state index is 13.3. The van der Waals surface area contributed by atoms with E-state index in [1.54, 1.807) is 37.4 Å². The summed E-state index contributed by atoms with van der Waals surface area (Å²) in [5, 5.41) is 0.376. The topological polar surface area (TPSA) is 30.0 Å². The lowest BCUT2D eigenvalue weighted by Crippen LogP contribution is -2.11. The highest BCUT2D eigenvalue weighted by Crippen LogP contribution is 2.27. The van der Waals surface area contributed by atoms with Crippen molar-refractivity contribution in [2.24, 2.45) is 0 Å². The number of carbonyl (C=O) groups is 1. The second-order valence-electron chi connectivity index (χ2n) is 4.47. The minimum Gasteiger partial charge on any atom is -0.299 e. The summed E-state index contributed by atoms with van der Waals surface area (Å²) >= 11 is 5.74. The van der Waals surface area contributed by atoms with E-state index >= 15 is 0 Å². The summed E-state index contributed by atoms with van der Waals surface area (Å²) in [6, 6.07) is 8.10. The normalized spacial score (nSPS) is 12.2. The first-order valence-electron chi connectivity index (χ1n) is 5.87. The van der Waals surface area contributed by atoms with Crippen molar-refractivity contribution in [3.8, 4) is 0 Å². The van der Waals surface area contributed by atoms with E-state index in [9.17, 15) is 9.18 Å². The molecule has 1 heterocycles. The molecule has 0 spiro atoms. The lowest BCUT2D eigenvalue weighted by molar-refractivity contribution is -0.117. The maximum Gasteiger partial charge on any atom is 0.141 e. The van der Waals surface area contributed by atoms with Crippen LogP contribution in [0.15, 0.2) is 36.5 Å². The van der Waals surface area contributed by atoms with Gasteiger partial charge >= 0.3 is 0 Å². The second kappa shape index (κ2) is 5.49. The zero-order chi connectivity index (χ0) is 14.0. The van der Waals surface area contributed by atoms with Gasteiger partial charge in [0.2, 0.25) is 0 Å². The van der Waals surface area contributed by atoms with Crippen molar-refractivity contribution in [1.29, 1.82) is 0 Å². The molecule has 2 aromatic rings. The quantitative estimate of drug-likeness (QED) is 0.797. The molecular weight excluding hydrogens is 265 g/mol. The molecule has 1 unspecified atom stereocenters. The van der Waals surface area contributed by atoms with Crippen LogP contribution in [0, 0.1) is 12.7 Å². The first-order valence-corrected chi connectivity index (χ1v) is 6.25. The Kier molecular flexibility index (Phi) is 3.96. The maximum absolute atomic E-state index is 13.3. The van der Waals surface area contributed by atoms with Crippen molar-refractivity contribution in [2.75, 3.05) is 0 Å². The number of pyridine rings is 1. The van der Waals surface area contributed by atoms with Gasteiger partial charge in [-0.25, -0.2) is 9.37 Å². The van der Waals surface area contributed by atoms with Gasteiger partial charge in [-0.3, -0.25) is 4.79 Å². The predicted octanol–water partition coefficient (Wildman–Crippen LogP) is 3.90. The summed E-state index contributed by atoms with van der Waals surface area (Å²) in [6.45, 7) is 3.19. The van der Waals surface area contributed by atoms with Crippen LogP contribution in [0.4, 0.5) is 4.39 Å². The van der Waals surface area contributed by atoms with Crippen LogP contribution in [0.2, 0.25) is 5.15 Å². The van der Waals surface area contributed by atoms with Crippen LogP contribution in [0.25, 0.3) is 0 Å². The Hall–Kier alpha value is -1.74. The summed E-state index contributed by atoms with van der Waals surface area (Å²) in [4.78, 5) is 15.9. The number of Topliss-reactive ketones (excluding diaryl/α,β-unsaturated/α-hetero) is 1. The van der Waals surface area contributed by atoms with Crippen molar-refractivity contribution in [3.05, 3.63) is 64.2 Å². The molecule has 2 nitrogen and oxygen atoms in total. The van der Waals surface area contributed by atoms with Crippen molar-refractivity contribution < 1.29 is 9.18 Å². The molecule has 0 bridgehead atoms. The number of hydrogen-bond donors (Lipinski definition) is 0. The number of aryl methyl sites for hydroxylation is 1. The number of rotatable bonds is 3. The first kappa shape index (κ1) is 13.7.